The molecule has 2 rings (SSSR count). The Labute approximate surface area is 138 Å². The quantitative estimate of drug-likeness (QED) is 0.291. The van der Waals surface area contributed by atoms with Gasteiger partial charge in [-0.1, -0.05) is 30.3 Å². The van der Waals surface area contributed by atoms with Gasteiger partial charge >= 0.3 is 6.03 Å². The average Bonchev–Trinajstić information content (AvgIpc) is 2.61. The molecule has 0 aliphatic rings. The van der Waals surface area contributed by atoms with Crippen molar-refractivity contribution in [2.75, 3.05) is 6.54 Å². The standard InChI is InChI=1S/C13H9NO3.C3H9N3O/c15-13(10-4-2-1-3-5-10)11-6-8-12(9-7-11)14(16)17;1-2-6(5)3(4)7/h1-9H;2,5H2,1H3,(H2,4,7). The van der Waals surface area contributed by atoms with Gasteiger partial charge in [0.05, 0.1) is 4.92 Å². The molecular weight excluding hydrogens is 312 g/mol. The van der Waals surface area contributed by atoms with Gasteiger partial charge in [0.2, 0.25) is 0 Å². The lowest BCUT2D eigenvalue weighted by molar-refractivity contribution is -0.384. The van der Waals surface area contributed by atoms with E-state index >= 15 is 0 Å². The van der Waals surface area contributed by atoms with E-state index in [1.54, 1.807) is 31.2 Å². The van der Waals surface area contributed by atoms with Gasteiger partial charge in [-0.15, -0.1) is 0 Å². The van der Waals surface area contributed by atoms with E-state index in [1.807, 2.05) is 6.07 Å². The van der Waals surface area contributed by atoms with Gasteiger partial charge in [0.1, 0.15) is 0 Å². The number of nitro groups is 1. The molecule has 0 atom stereocenters. The molecule has 4 N–H and O–H groups in total. The Balaban J connectivity index is 0.000000351. The molecule has 0 heterocycles. The zero-order valence-corrected chi connectivity index (χ0v) is 13.1. The maximum absolute atomic E-state index is 12.0. The first-order valence-electron chi connectivity index (χ1n) is 7.02. The van der Waals surface area contributed by atoms with E-state index in [9.17, 15) is 19.7 Å². The fourth-order valence-corrected chi connectivity index (χ4v) is 1.65. The van der Waals surface area contributed by atoms with Crippen LogP contribution >= 0.6 is 0 Å². The summed E-state index contributed by atoms with van der Waals surface area (Å²) in [5, 5.41) is 11.4. The van der Waals surface area contributed by atoms with Crippen LogP contribution in [-0.2, 0) is 0 Å². The van der Waals surface area contributed by atoms with E-state index in [4.69, 9.17) is 11.6 Å². The van der Waals surface area contributed by atoms with Crippen LogP contribution < -0.4 is 11.6 Å². The summed E-state index contributed by atoms with van der Waals surface area (Å²) in [5.41, 5.74) is 5.71. The Morgan fingerprint density at radius 3 is 1.92 bits per heavy atom. The normalized spacial score (nSPS) is 9.42. The Morgan fingerprint density at radius 2 is 1.54 bits per heavy atom. The molecule has 0 fully saturated rings. The van der Waals surface area contributed by atoms with Crippen molar-refractivity contribution >= 4 is 17.5 Å². The van der Waals surface area contributed by atoms with E-state index in [0.717, 1.165) is 5.01 Å². The smallest absolute Gasteiger partial charge is 0.328 e. The SMILES string of the molecule is CCN(N)C(N)=O.O=C(c1ccccc1)c1ccc([N+](=O)[O-])cc1. The topological polar surface area (TPSA) is 133 Å². The Morgan fingerprint density at radius 1 is 1.04 bits per heavy atom. The van der Waals surface area contributed by atoms with Gasteiger partial charge in [-0.05, 0) is 19.1 Å². The van der Waals surface area contributed by atoms with Gasteiger partial charge in [0.25, 0.3) is 5.69 Å². The molecular formula is C16H18N4O4. The number of primary amides is 1. The number of amides is 2. The minimum Gasteiger partial charge on any atom is -0.350 e. The predicted octanol–water partition coefficient (Wildman–Crippen LogP) is 2.09. The largest absolute Gasteiger partial charge is 0.350 e. The minimum absolute atomic E-state index is 0.0189. The number of nitrogens with two attached hydrogens (primary N) is 2. The molecule has 0 unspecified atom stereocenters. The lowest BCUT2D eigenvalue weighted by atomic mass is 10.0. The number of hydrogen-bond donors (Lipinski definition) is 2. The zero-order valence-electron chi connectivity index (χ0n) is 13.1. The first-order chi connectivity index (χ1) is 11.4. The van der Waals surface area contributed by atoms with Crippen molar-refractivity contribution < 1.29 is 14.5 Å². The molecule has 0 aliphatic carbocycles. The Hall–Kier alpha value is -3.26. The number of benzene rings is 2. The van der Waals surface area contributed by atoms with E-state index in [1.165, 1.54) is 24.3 Å². The van der Waals surface area contributed by atoms with Crippen LogP contribution in [0, 0.1) is 10.1 Å². The summed E-state index contributed by atoms with van der Waals surface area (Å²) < 4.78 is 0. The first kappa shape index (κ1) is 18.8. The number of nitrogens with zero attached hydrogens (tertiary/aromatic N) is 2. The summed E-state index contributed by atoms with van der Waals surface area (Å²) in [6.45, 7) is 2.19. The van der Waals surface area contributed by atoms with Crippen LogP contribution in [0.25, 0.3) is 0 Å². The van der Waals surface area contributed by atoms with Gasteiger partial charge in [-0.2, -0.15) is 0 Å². The summed E-state index contributed by atoms with van der Waals surface area (Å²) >= 11 is 0. The summed E-state index contributed by atoms with van der Waals surface area (Å²) in [6, 6.07) is 13.8. The molecule has 0 aliphatic heterocycles. The van der Waals surface area contributed by atoms with Crippen molar-refractivity contribution in [2.45, 2.75) is 6.92 Å². The third kappa shape index (κ3) is 5.50. The van der Waals surface area contributed by atoms with Crippen LogP contribution in [-0.4, -0.2) is 28.3 Å². The van der Waals surface area contributed by atoms with Gasteiger partial charge in [-0.25, -0.2) is 10.6 Å². The summed E-state index contributed by atoms with van der Waals surface area (Å²) in [6.07, 6.45) is 0. The van der Waals surface area contributed by atoms with E-state index in [-0.39, 0.29) is 11.5 Å². The highest BCUT2D eigenvalue weighted by molar-refractivity contribution is 6.09. The molecule has 0 aromatic heterocycles. The highest BCUT2D eigenvalue weighted by atomic mass is 16.6. The van der Waals surface area contributed by atoms with Crippen LogP contribution in [0.4, 0.5) is 10.5 Å². The third-order valence-electron chi connectivity index (χ3n) is 3.00. The number of hydrazine groups is 1. The second-order valence-corrected chi connectivity index (χ2v) is 4.62. The van der Waals surface area contributed by atoms with Crippen molar-refractivity contribution in [1.29, 1.82) is 0 Å². The van der Waals surface area contributed by atoms with Crippen molar-refractivity contribution in [3.8, 4) is 0 Å². The Kier molecular flexibility index (Phi) is 7.05. The molecule has 0 saturated carbocycles. The lowest BCUT2D eigenvalue weighted by Crippen LogP contribution is -2.40. The van der Waals surface area contributed by atoms with Gasteiger partial charge in [0, 0.05) is 29.8 Å². The minimum atomic E-state index is -0.595. The van der Waals surface area contributed by atoms with Gasteiger partial charge < -0.3 is 5.73 Å². The number of nitro benzene ring substituents is 1. The number of urea groups is 1. The second kappa shape index (κ2) is 9.01. The van der Waals surface area contributed by atoms with Gasteiger partial charge in [0.15, 0.2) is 5.78 Å². The van der Waals surface area contributed by atoms with Crippen molar-refractivity contribution in [3.63, 3.8) is 0 Å². The summed E-state index contributed by atoms with van der Waals surface area (Å²) in [5.74, 6) is 4.84. The maximum atomic E-state index is 12.0. The molecule has 24 heavy (non-hydrogen) atoms. The number of carbonyl (C=O) groups is 2. The molecule has 2 aromatic rings. The maximum Gasteiger partial charge on any atom is 0.328 e. The molecule has 8 heteroatoms. The Bertz CT molecular complexity index is 702. The highest BCUT2D eigenvalue weighted by Crippen LogP contribution is 2.15. The number of hydrogen-bond acceptors (Lipinski definition) is 5. The van der Waals surface area contributed by atoms with Gasteiger partial charge in [-0.3, -0.25) is 19.9 Å². The lowest BCUT2D eigenvalue weighted by Gasteiger charge is -2.07. The third-order valence-corrected chi connectivity index (χ3v) is 3.00. The fourth-order valence-electron chi connectivity index (χ4n) is 1.65. The van der Waals surface area contributed by atoms with Crippen LogP contribution in [0.15, 0.2) is 54.6 Å². The summed E-state index contributed by atoms with van der Waals surface area (Å²) in [7, 11) is 0. The van der Waals surface area contributed by atoms with Crippen LogP contribution in [0.2, 0.25) is 0 Å². The number of rotatable bonds is 4. The fraction of sp³-hybridized carbons (Fsp3) is 0.125. The molecule has 2 amide bonds. The van der Waals surface area contributed by atoms with Crippen molar-refractivity contribution in [3.05, 3.63) is 75.8 Å². The van der Waals surface area contributed by atoms with E-state index in [2.05, 4.69) is 0 Å². The second-order valence-electron chi connectivity index (χ2n) is 4.62. The summed E-state index contributed by atoms with van der Waals surface area (Å²) in [4.78, 5) is 31.9. The molecule has 0 bridgehead atoms. The van der Waals surface area contributed by atoms with Crippen LogP contribution in [0.5, 0.6) is 0 Å². The number of ketones is 1. The van der Waals surface area contributed by atoms with E-state index < -0.39 is 11.0 Å². The predicted molar refractivity (Wildman–Crippen MR) is 89.1 cm³/mol. The van der Waals surface area contributed by atoms with Crippen molar-refractivity contribution in [1.82, 2.24) is 5.01 Å². The van der Waals surface area contributed by atoms with Crippen molar-refractivity contribution in [2.24, 2.45) is 11.6 Å². The zero-order chi connectivity index (χ0) is 18.1. The molecule has 126 valence electrons. The molecule has 8 nitrogen and oxygen atoms in total. The molecule has 0 radical (unpaired) electrons. The van der Waals surface area contributed by atoms with Crippen LogP contribution in [0.1, 0.15) is 22.8 Å². The monoisotopic (exact) mass is 330 g/mol. The molecule has 0 spiro atoms. The number of carbonyl (C=O) groups excluding carboxylic acids is 2. The molecule has 2 aromatic carbocycles. The first-order valence-corrected chi connectivity index (χ1v) is 7.02. The number of non-ortho nitro benzene ring substituents is 1. The highest BCUT2D eigenvalue weighted by Gasteiger charge is 2.10. The average molecular weight is 330 g/mol. The van der Waals surface area contributed by atoms with Crippen LogP contribution in [0.3, 0.4) is 0 Å². The molecule has 0 saturated heterocycles. The van der Waals surface area contributed by atoms with E-state index in [0.29, 0.717) is 17.7 Å².